The SMILES string of the molecule is CC1(C)CCCC(NC2COc3cc(O)ccc32)C1. The minimum absolute atomic E-state index is 0.273. The van der Waals surface area contributed by atoms with Crippen LogP contribution >= 0.6 is 0 Å². The van der Waals surface area contributed by atoms with Crippen molar-refractivity contribution in [2.24, 2.45) is 5.41 Å². The van der Waals surface area contributed by atoms with E-state index in [1.807, 2.05) is 6.07 Å². The van der Waals surface area contributed by atoms with E-state index in [1.165, 1.54) is 31.2 Å². The van der Waals surface area contributed by atoms with Crippen LogP contribution in [0.3, 0.4) is 0 Å². The maximum atomic E-state index is 9.47. The molecule has 1 aromatic rings. The van der Waals surface area contributed by atoms with Gasteiger partial charge in [-0.1, -0.05) is 20.3 Å². The maximum Gasteiger partial charge on any atom is 0.127 e. The smallest absolute Gasteiger partial charge is 0.127 e. The van der Waals surface area contributed by atoms with Crippen LogP contribution in [0, 0.1) is 5.41 Å². The Morgan fingerprint density at radius 2 is 2.21 bits per heavy atom. The van der Waals surface area contributed by atoms with Crippen molar-refractivity contribution in [3.05, 3.63) is 23.8 Å². The minimum Gasteiger partial charge on any atom is -0.508 e. The Morgan fingerprint density at radius 1 is 1.37 bits per heavy atom. The summed E-state index contributed by atoms with van der Waals surface area (Å²) >= 11 is 0. The van der Waals surface area contributed by atoms with Gasteiger partial charge in [-0.3, -0.25) is 0 Å². The van der Waals surface area contributed by atoms with Gasteiger partial charge in [0.2, 0.25) is 0 Å². The highest BCUT2D eigenvalue weighted by molar-refractivity contribution is 5.44. The summed E-state index contributed by atoms with van der Waals surface area (Å²) in [6.07, 6.45) is 5.13. The monoisotopic (exact) mass is 261 g/mol. The Hall–Kier alpha value is -1.22. The molecule has 0 aromatic heterocycles. The van der Waals surface area contributed by atoms with Gasteiger partial charge in [-0.05, 0) is 36.8 Å². The Morgan fingerprint density at radius 3 is 3.00 bits per heavy atom. The van der Waals surface area contributed by atoms with Gasteiger partial charge in [0.15, 0.2) is 0 Å². The van der Waals surface area contributed by atoms with Crippen molar-refractivity contribution >= 4 is 0 Å². The van der Waals surface area contributed by atoms with Crippen LogP contribution in [0.25, 0.3) is 0 Å². The van der Waals surface area contributed by atoms with Crippen molar-refractivity contribution in [2.45, 2.75) is 51.6 Å². The predicted molar refractivity (Wildman–Crippen MR) is 75.5 cm³/mol. The van der Waals surface area contributed by atoms with E-state index in [-0.39, 0.29) is 11.8 Å². The molecule has 1 aliphatic carbocycles. The number of benzene rings is 1. The van der Waals surface area contributed by atoms with Gasteiger partial charge in [-0.15, -0.1) is 0 Å². The fraction of sp³-hybridized carbons (Fsp3) is 0.625. The Bertz CT molecular complexity index is 470. The fourth-order valence-corrected chi connectivity index (χ4v) is 3.46. The molecule has 1 aromatic carbocycles. The molecule has 3 rings (SSSR count). The highest BCUT2D eigenvalue weighted by atomic mass is 16.5. The predicted octanol–water partition coefficient (Wildman–Crippen LogP) is 3.38. The van der Waals surface area contributed by atoms with Gasteiger partial charge in [0, 0.05) is 17.7 Å². The molecule has 0 saturated heterocycles. The van der Waals surface area contributed by atoms with Crippen LogP contribution in [-0.2, 0) is 0 Å². The van der Waals surface area contributed by atoms with E-state index < -0.39 is 0 Å². The molecule has 2 N–H and O–H groups in total. The van der Waals surface area contributed by atoms with Gasteiger partial charge in [0.05, 0.1) is 6.04 Å². The van der Waals surface area contributed by atoms with Gasteiger partial charge in [-0.25, -0.2) is 0 Å². The lowest BCUT2D eigenvalue weighted by Gasteiger charge is -2.36. The standard InChI is InChI=1S/C16H23NO2/c1-16(2)7-3-4-11(9-16)17-14-10-19-15-8-12(18)5-6-13(14)15/h5-6,8,11,14,17-18H,3-4,7,9-10H2,1-2H3. The summed E-state index contributed by atoms with van der Waals surface area (Å²) in [6.45, 7) is 5.39. The number of phenolic OH excluding ortho intramolecular Hbond substituents is 1. The maximum absolute atomic E-state index is 9.47. The molecule has 1 saturated carbocycles. The molecule has 2 aliphatic rings. The number of hydrogen-bond acceptors (Lipinski definition) is 3. The third kappa shape index (κ3) is 2.71. The third-order valence-corrected chi connectivity index (χ3v) is 4.42. The lowest BCUT2D eigenvalue weighted by molar-refractivity contribution is 0.181. The van der Waals surface area contributed by atoms with Crippen molar-refractivity contribution < 1.29 is 9.84 Å². The summed E-state index contributed by atoms with van der Waals surface area (Å²) in [6, 6.07) is 6.28. The fourth-order valence-electron chi connectivity index (χ4n) is 3.46. The minimum atomic E-state index is 0.273. The number of aromatic hydroxyl groups is 1. The Kier molecular flexibility index (Phi) is 3.17. The quantitative estimate of drug-likeness (QED) is 0.857. The third-order valence-electron chi connectivity index (χ3n) is 4.42. The van der Waals surface area contributed by atoms with E-state index in [1.54, 1.807) is 12.1 Å². The van der Waals surface area contributed by atoms with Gasteiger partial charge in [0.25, 0.3) is 0 Å². The Labute approximate surface area is 115 Å². The second kappa shape index (κ2) is 4.71. The molecular weight excluding hydrogens is 238 g/mol. The topological polar surface area (TPSA) is 41.5 Å². The zero-order chi connectivity index (χ0) is 13.5. The van der Waals surface area contributed by atoms with Crippen molar-refractivity contribution in [3.8, 4) is 11.5 Å². The van der Waals surface area contributed by atoms with E-state index >= 15 is 0 Å². The van der Waals surface area contributed by atoms with Crippen molar-refractivity contribution in [1.29, 1.82) is 0 Å². The summed E-state index contributed by atoms with van der Waals surface area (Å²) in [5.41, 5.74) is 1.63. The molecule has 104 valence electrons. The number of ether oxygens (including phenoxy) is 1. The van der Waals surface area contributed by atoms with Crippen LogP contribution in [0.5, 0.6) is 11.5 Å². The summed E-state index contributed by atoms with van der Waals surface area (Å²) in [7, 11) is 0. The molecule has 19 heavy (non-hydrogen) atoms. The van der Waals surface area contributed by atoms with Gasteiger partial charge in [-0.2, -0.15) is 0 Å². The highest BCUT2D eigenvalue weighted by Gasteiger charge is 2.32. The van der Waals surface area contributed by atoms with Crippen LogP contribution in [0.1, 0.15) is 51.1 Å². The molecule has 1 heterocycles. The van der Waals surface area contributed by atoms with Crippen molar-refractivity contribution in [1.82, 2.24) is 5.32 Å². The van der Waals surface area contributed by atoms with E-state index in [2.05, 4.69) is 19.2 Å². The lowest BCUT2D eigenvalue weighted by atomic mass is 9.75. The summed E-state index contributed by atoms with van der Waals surface area (Å²) in [5, 5.41) is 13.2. The zero-order valence-corrected chi connectivity index (χ0v) is 11.8. The zero-order valence-electron chi connectivity index (χ0n) is 11.8. The average molecular weight is 261 g/mol. The number of fused-ring (bicyclic) bond motifs is 1. The van der Waals surface area contributed by atoms with Crippen molar-refractivity contribution in [3.63, 3.8) is 0 Å². The van der Waals surface area contributed by atoms with Crippen LogP contribution in [-0.4, -0.2) is 17.8 Å². The normalized spacial score (nSPS) is 28.7. The molecule has 2 unspecified atom stereocenters. The molecule has 2 atom stereocenters. The second-order valence-corrected chi connectivity index (χ2v) is 6.71. The Balaban J connectivity index is 1.69. The number of phenols is 1. The highest BCUT2D eigenvalue weighted by Crippen LogP contribution is 2.39. The van der Waals surface area contributed by atoms with E-state index in [9.17, 15) is 5.11 Å². The van der Waals surface area contributed by atoms with E-state index in [4.69, 9.17) is 4.74 Å². The average Bonchev–Trinajstić information content (AvgIpc) is 2.70. The first-order chi connectivity index (χ1) is 9.03. The molecule has 1 fully saturated rings. The van der Waals surface area contributed by atoms with Crippen LogP contribution < -0.4 is 10.1 Å². The largest absolute Gasteiger partial charge is 0.508 e. The molecule has 0 spiro atoms. The first-order valence-corrected chi connectivity index (χ1v) is 7.25. The summed E-state index contributed by atoms with van der Waals surface area (Å²) < 4.78 is 5.66. The molecule has 1 aliphatic heterocycles. The van der Waals surface area contributed by atoms with Crippen LogP contribution in [0.4, 0.5) is 0 Å². The van der Waals surface area contributed by atoms with E-state index in [0.717, 1.165) is 5.75 Å². The lowest BCUT2D eigenvalue weighted by Crippen LogP contribution is -2.39. The van der Waals surface area contributed by atoms with E-state index in [0.29, 0.717) is 18.1 Å². The molecule has 0 radical (unpaired) electrons. The molecule has 3 nitrogen and oxygen atoms in total. The summed E-state index contributed by atoms with van der Waals surface area (Å²) in [5.74, 6) is 1.10. The summed E-state index contributed by atoms with van der Waals surface area (Å²) in [4.78, 5) is 0. The molecule has 3 heteroatoms. The molecule has 0 bridgehead atoms. The van der Waals surface area contributed by atoms with Gasteiger partial charge >= 0.3 is 0 Å². The first-order valence-electron chi connectivity index (χ1n) is 7.25. The van der Waals surface area contributed by atoms with Gasteiger partial charge in [0.1, 0.15) is 18.1 Å². The second-order valence-electron chi connectivity index (χ2n) is 6.71. The molecular formula is C16H23NO2. The van der Waals surface area contributed by atoms with Crippen LogP contribution in [0.15, 0.2) is 18.2 Å². The number of nitrogens with one attached hydrogen (secondary N) is 1. The number of hydrogen-bond donors (Lipinski definition) is 2. The molecule has 0 amide bonds. The van der Waals surface area contributed by atoms with Crippen molar-refractivity contribution in [2.75, 3.05) is 6.61 Å². The van der Waals surface area contributed by atoms with Gasteiger partial charge < -0.3 is 15.2 Å². The first kappa shape index (κ1) is 12.8. The van der Waals surface area contributed by atoms with Crippen LogP contribution in [0.2, 0.25) is 0 Å². The number of rotatable bonds is 2.